The molecule has 27 heavy (non-hydrogen) atoms. The van der Waals surface area contributed by atoms with E-state index in [1.165, 1.54) is 11.3 Å². The number of hydrogen-bond donors (Lipinski definition) is 2. The zero-order valence-corrected chi connectivity index (χ0v) is 16.5. The van der Waals surface area contributed by atoms with Crippen LogP contribution in [0.3, 0.4) is 0 Å². The third-order valence-electron chi connectivity index (χ3n) is 4.24. The summed E-state index contributed by atoms with van der Waals surface area (Å²) in [6.45, 7) is 1.03. The summed E-state index contributed by atoms with van der Waals surface area (Å²) in [6, 6.07) is 10.2. The number of carbonyl (C=O) groups is 2. The van der Waals surface area contributed by atoms with Crippen molar-refractivity contribution in [3.63, 3.8) is 0 Å². The minimum absolute atomic E-state index is 0.0400. The second kappa shape index (κ2) is 8.10. The number of sulfonamides is 1. The van der Waals surface area contributed by atoms with Gasteiger partial charge in [0.25, 0.3) is 5.91 Å². The maximum atomic E-state index is 12.6. The molecule has 2 aromatic rings. The standard InChI is InChI=1S/C18H21N3O4S2/c1-27(24,25)20-15-7-2-6-14(11-15)19-17(22)13-5-3-9-21(12-13)18(23)16-8-4-10-26-16/h2,4,6-8,10-11,13,20H,3,5,9,12H2,1H3,(H,19,22). The lowest BCUT2D eigenvalue weighted by molar-refractivity contribution is -0.121. The SMILES string of the molecule is CS(=O)(=O)Nc1cccc(NC(=O)C2CCCN(C(=O)c3cccs3)C2)c1. The number of hydrogen-bond acceptors (Lipinski definition) is 5. The number of anilines is 2. The first-order valence-electron chi connectivity index (χ1n) is 8.53. The van der Waals surface area contributed by atoms with Crippen molar-refractivity contribution in [3.05, 3.63) is 46.7 Å². The van der Waals surface area contributed by atoms with Crippen molar-refractivity contribution in [1.29, 1.82) is 0 Å². The Morgan fingerprint density at radius 3 is 2.67 bits per heavy atom. The van der Waals surface area contributed by atoms with Crippen molar-refractivity contribution in [3.8, 4) is 0 Å². The predicted octanol–water partition coefficient (Wildman–Crippen LogP) is 2.61. The Morgan fingerprint density at radius 1 is 1.19 bits per heavy atom. The normalized spacial score (nSPS) is 17.4. The van der Waals surface area contributed by atoms with Crippen LogP contribution in [-0.2, 0) is 14.8 Å². The quantitative estimate of drug-likeness (QED) is 0.796. The Balaban J connectivity index is 1.64. The number of nitrogens with zero attached hydrogens (tertiary/aromatic N) is 1. The van der Waals surface area contributed by atoms with Crippen molar-refractivity contribution in [2.45, 2.75) is 12.8 Å². The number of thiophene rings is 1. The van der Waals surface area contributed by atoms with Gasteiger partial charge in [-0.1, -0.05) is 12.1 Å². The molecule has 9 heteroatoms. The zero-order valence-electron chi connectivity index (χ0n) is 14.8. The Labute approximate surface area is 162 Å². The molecule has 7 nitrogen and oxygen atoms in total. The fourth-order valence-corrected chi connectivity index (χ4v) is 4.30. The van der Waals surface area contributed by atoms with Crippen molar-refractivity contribution in [2.24, 2.45) is 5.92 Å². The highest BCUT2D eigenvalue weighted by molar-refractivity contribution is 7.92. The van der Waals surface area contributed by atoms with Crippen LogP contribution in [0.15, 0.2) is 41.8 Å². The van der Waals surface area contributed by atoms with Gasteiger partial charge >= 0.3 is 0 Å². The van der Waals surface area contributed by atoms with E-state index in [0.717, 1.165) is 12.7 Å². The van der Waals surface area contributed by atoms with E-state index in [2.05, 4.69) is 10.0 Å². The predicted molar refractivity (Wildman–Crippen MR) is 106 cm³/mol. The van der Waals surface area contributed by atoms with Crippen LogP contribution >= 0.6 is 11.3 Å². The van der Waals surface area contributed by atoms with Gasteiger partial charge in [0.2, 0.25) is 15.9 Å². The largest absolute Gasteiger partial charge is 0.337 e. The summed E-state index contributed by atoms with van der Waals surface area (Å²) in [4.78, 5) is 27.5. The number of piperidine rings is 1. The molecule has 1 aromatic carbocycles. The van der Waals surface area contributed by atoms with E-state index in [4.69, 9.17) is 0 Å². The van der Waals surface area contributed by atoms with E-state index < -0.39 is 10.0 Å². The Morgan fingerprint density at radius 2 is 1.96 bits per heavy atom. The average molecular weight is 408 g/mol. The van der Waals surface area contributed by atoms with Crippen LogP contribution in [0.4, 0.5) is 11.4 Å². The van der Waals surface area contributed by atoms with Crippen LogP contribution in [0.2, 0.25) is 0 Å². The fourth-order valence-electron chi connectivity index (χ4n) is 3.05. The van der Waals surface area contributed by atoms with E-state index in [0.29, 0.717) is 35.8 Å². The summed E-state index contributed by atoms with van der Waals surface area (Å²) in [5, 5.41) is 4.68. The highest BCUT2D eigenvalue weighted by Crippen LogP contribution is 2.23. The molecule has 3 rings (SSSR count). The van der Waals surface area contributed by atoms with Gasteiger partial charge in [-0.3, -0.25) is 14.3 Å². The minimum atomic E-state index is -3.39. The number of carbonyl (C=O) groups excluding carboxylic acids is 2. The summed E-state index contributed by atoms with van der Waals surface area (Å²) in [5.41, 5.74) is 0.892. The molecule has 0 saturated carbocycles. The van der Waals surface area contributed by atoms with Gasteiger partial charge in [-0.25, -0.2) is 8.42 Å². The highest BCUT2D eigenvalue weighted by atomic mass is 32.2. The first kappa shape index (κ1) is 19.4. The lowest BCUT2D eigenvalue weighted by Crippen LogP contribution is -2.43. The topological polar surface area (TPSA) is 95.6 Å². The monoisotopic (exact) mass is 407 g/mol. The second-order valence-corrected chi connectivity index (χ2v) is 9.21. The minimum Gasteiger partial charge on any atom is -0.337 e. The molecular formula is C18H21N3O4S2. The Hall–Kier alpha value is -2.39. The summed E-state index contributed by atoms with van der Waals surface area (Å²) in [6.07, 6.45) is 2.55. The van der Waals surface area contributed by atoms with E-state index in [-0.39, 0.29) is 17.7 Å². The molecule has 2 heterocycles. The van der Waals surface area contributed by atoms with Gasteiger partial charge in [-0.05, 0) is 42.5 Å². The number of amides is 2. The molecule has 0 spiro atoms. The van der Waals surface area contributed by atoms with Crippen molar-refractivity contribution in [2.75, 3.05) is 29.4 Å². The molecule has 2 N–H and O–H groups in total. The molecule has 1 fully saturated rings. The van der Waals surface area contributed by atoms with Gasteiger partial charge in [0.15, 0.2) is 0 Å². The molecular weight excluding hydrogens is 386 g/mol. The number of likely N-dealkylation sites (tertiary alicyclic amines) is 1. The molecule has 2 amide bonds. The van der Waals surface area contributed by atoms with Gasteiger partial charge in [0.05, 0.1) is 22.7 Å². The molecule has 0 aliphatic carbocycles. The lowest BCUT2D eigenvalue weighted by Gasteiger charge is -2.31. The van der Waals surface area contributed by atoms with E-state index in [1.807, 2.05) is 11.4 Å². The molecule has 1 aliphatic rings. The maximum Gasteiger partial charge on any atom is 0.263 e. The summed E-state index contributed by atoms with van der Waals surface area (Å²) in [5.74, 6) is -0.508. The third kappa shape index (κ3) is 5.30. The molecule has 1 aliphatic heterocycles. The first-order chi connectivity index (χ1) is 12.8. The molecule has 1 aromatic heterocycles. The average Bonchev–Trinajstić information content (AvgIpc) is 3.14. The molecule has 1 saturated heterocycles. The van der Waals surface area contributed by atoms with Crippen molar-refractivity contribution >= 4 is 44.5 Å². The third-order valence-corrected chi connectivity index (χ3v) is 5.71. The Bertz CT molecular complexity index is 926. The van der Waals surface area contributed by atoms with Gasteiger partial charge in [0.1, 0.15) is 0 Å². The van der Waals surface area contributed by atoms with E-state index in [9.17, 15) is 18.0 Å². The molecule has 144 valence electrons. The highest BCUT2D eigenvalue weighted by Gasteiger charge is 2.29. The van der Waals surface area contributed by atoms with Gasteiger partial charge in [-0.2, -0.15) is 0 Å². The van der Waals surface area contributed by atoms with Crippen molar-refractivity contribution < 1.29 is 18.0 Å². The summed E-state index contributed by atoms with van der Waals surface area (Å²) in [7, 11) is -3.39. The Kier molecular flexibility index (Phi) is 5.81. The number of nitrogens with one attached hydrogen (secondary N) is 2. The van der Waals surface area contributed by atoms with Crippen LogP contribution in [0.1, 0.15) is 22.5 Å². The lowest BCUT2D eigenvalue weighted by atomic mass is 9.97. The van der Waals surface area contributed by atoms with Crippen LogP contribution in [0, 0.1) is 5.92 Å². The molecule has 1 atom stereocenters. The van der Waals surface area contributed by atoms with Crippen LogP contribution in [0.25, 0.3) is 0 Å². The first-order valence-corrected chi connectivity index (χ1v) is 11.3. The van der Waals surface area contributed by atoms with Crippen molar-refractivity contribution in [1.82, 2.24) is 4.90 Å². The van der Waals surface area contributed by atoms with E-state index >= 15 is 0 Å². The summed E-state index contributed by atoms with van der Waals surface area (Å²) >= 11 is 1.40. The van der Waals surface area contributed by atoms with Crippen LogP contribution < -0.4 is 10.0 Å². The molecule has 0 radical (unpaired) electrons. The van der Waals surface area contributed by atoms with Gasteiger partial charge < -0.3 is 10.2 Å². The van der Waals surface area contributed by atoms with Gasteiger partial charge in [-0.15, -0.1) is 11.3 Å². The fraction of sp³-hybridized carbons (Fsp3) is 0.333. The summed E-state index contributed by atoms with van der Waals surface area (Å²) < 4.78 is 25.1. The molecule has 1 unspecified atom stereocenters. The maximum absolute atomic E-state index is 12.6. The van der Waals surface area contributed by atoms with Gasteiger partial charge in [0, 0.05) is 18.8 Å². The van der Waals surface area contributed by atoms with Crippen LogP contribution in [0.5, 0.6) is 0 Å². The number of rotatable bonds is 5. The van der Waals surface area contributed by atoms with E-state index in [1.54, 1.807) is 35.2 Å². The van der Waals surface area contributed by atoms with Crippen LogP contribution in [-0.4, -0.2) is 44.5 Å². The number of benzene rings is 1. The zero-order chi connectivity index (χ0) is 19.4. The second-order valence-electron chi connectivity index (χ2n) is 6.51. The molecule has 0 bridgehead atoms. The smallest absolute Gasteiger partial charge is 0.263 e.